The third-order valence-corrected chi connectivity index (χ3v) is 5.99. The van der Waals surface area contributed by atoms with Gasteiger partial charge in [-0.3, -0.25) is 0 Å². The Labute approximate surface area is 111 Å². The van der Waals surface area contributed by atoms with E-state index in [4.69, 9.17) is 11.6 Å². The summed E-state index contributed by atoms with van der Waals surface area (Å²) in [4.78, 5) is 0. The zero-order valence-corrected chi connectivity index (χ0v) is 11.6. The molecule has 1 heterocycles. The van der Waals surface area contributed by atoms with Crippen molar-refractivity contribution in [3.63, 3.8) is 0 Å². The average molecular weight is 292 g/mol. The van der Waals surface area contributed by atoms with E-state index in [9.17, 15) is 12.8 Å². The Hall–Kier alpha value is -0.650. The monoisotopic (exact) mass is 291 g/mol. The molecule has 1 N–H and O–H groups in total. The summed E-state index contributed by atoms with van der Waals surface area (Å²) in [5.74, 6) is -0.246. The molecule has 3 nitrogen and oxygen atoms in total. The Balaban J connectivity index is 2.03. The number of benzene rings is 1. The van der Waals surface area contributed by atoms with E-state index in [1.165, 1.54) is 6.07 Å². The Morgan fingerprint density at radius 2 is 2.22 bits per heavy atom. The maximum atomic E-state index is 13.6. The molecule has 0 spiro atoms. The highest BCUT2D eigenvalue weighted by Gasteiger charge is 2.36. The lowest BCUT2D eigenvalue weighted by Gasteiger charge is -2.16. The summed E-state index contributed by atoms with van der Waals surface area (Å²) < 4.78 is 36.8. The summed E-state index contributed by atoms with van der Waals surface area (Å²) in [6.07, 6.45) is 0.575. The van der Waals surface area contributed by atoms with Crippen LogP contribution >= 0.6 is 11.6 Å². The second-order valence-corrected chi connectivity index (χ2v) is 7.45. The van der Waals surface area contributed by atoms with Gasteiger partial charge in [0, 0.05) is 18.2 Å². The maximum absolute atomic E-state index is 13.6. The van der Waals surface area contributed by atoms with E-state index >= 15 is 0 Å². The van der Waals surface area contributed by atoms with Crippen LogP contribution in [0.2, 0.25) is 5.02 Å². The quantitative estimate of drug-likeness (QED) is 0.928. The third-order valence-electron chi connectivity index (χ3n) is 3.43. The third kappa shape index (κ3) is 2.68. The van der Waals surface area contributed by atoms with Gasteiger partial charge in [-0.25, -0.2) is 12.8 Å². The number of halogens is 2. The van der Waals surface area contributed by atoms with Gasteiger partial charge in [-0.2, -0.15) is 0 Å². The fourth-order valence-electron chi connectivity index (χ4n) is 2.16. The molecule has 1 aromatic carbocycles. The molecular weight excluding hydrogens is 277 g/mol. The Bertz CT molecular complexity index is 547. The van der Waals surface area contributed by atoms with Crippen molar-refractivity contribution in [3.05, 3.63) is 34.6 Å². The van der Waals surface area contributed by atoms with Gasteiger partial charge in [-0.15, -0.1) is 0 Å². The molecule has 0 bridgehead atoms. The standard InChI is InChI=1S/C12H15ClFNO2S/c1-8-11(5-6-18(8,16)17)15-7-9-3-2-4-10(13)12(9)14/h2-4,8,11,15H,5-7H2,1H3/t8-,11-/m0/s1. The minimum atomic E-state index is -2.98. The van der Waals surface area contributed by atoms with Crippen LogP contribution in [0.1, 0.15) is 18.9 Å². The highest BCUT2D eigenvalue weighted by Crippen LogP contribution is 2.22. The van der Waals surface area contributed by atoms with E-state index in [1.54, 1.807) is 19.1 Å². The van der Waals surface area contributed by atoms with Crippen LogP contribution in [0.25, 0.3) is 0 Å². The zero-order valence-electron chi connectivity index (χ0n) is 9.99. The predicted molar refractivity (Wildman–Crippen MR) is 69.9 cm³/mol. The zero-order chi connectivity index (χ0) is 13.3. The molecule has 18 heavy (non-hydrogen) atoms. The molecule has 1 aliphatic rings. The van der Waals surface area contributed by atoms with Crippen molar-refractivity contribution in [2.24, 2.45) is 0 Å². The molecule has 0 amide bonds. The molecule has 0 saturated carbocycles. The SMILES string of the molecule is C[C@H]1[C@@H](NCc2cccc(Cl)c2F)CCS1(=O)=O. The van der Waals surface area contributed by atoms with E-state index in [0.717, 1.165) is 0 Å². The molecular formula is C12H15ClFNO2S. The first-order valence-corrected chi connectivity index (χ1v) is 7.89. The molecule has 1 fully saturated rings. The van der Waals surface area contributed by atoms with Gasteiger partial charge in [0.1, 0.15) is 5.82 Å². The van der Waals surface area contributed by atoms with Crippen molar-refractivity contribution in [3.8, 4) is 0 Å². The van der Waals surface area contributed by atoms with Crippen molar-refractivity contribution >= 4 is 21.4 Å². The number of hydrogen-bond acceptors (Lipinski definition) is 3. The van der Waals surface area contributed by atoms with Crippen molar-refractivity contribution < 1.29 is 12.8 Å². The van der Waals surface area contributed by atoms with Crippen LogP contribution in [0, 0.1) is 5.82 Å². The molecule has 2 rings (SSSR count). The summed E-state index contributed by atoms with van der Waals surface area (Å²) >= 11 is 5.68. The maximum Gasteiger partial charge on any atom is 0.154 e. The van der Waals surface area contributed by atoms with Crippen LogP contribution in [0.3, 0.4) is 0 Å². The summed E-state index contributed by atoms with van der Waals surface area (Å²) in [5, 5.41) is 2.76. The van der Waals surface area contributed by atoms with Gasteiger partial charge in [0.2, 0.25) is 0 Å². The largest absolute Gasteiger partial charge is 0.308 e. The second-order valence-electron chi connectivity index (χ2n) is 4.56. The minimum Gasteiger partial charge on any atom is -0.308 e. The van der Waals surface area contributed by atoms with Crippen molar-refractivity contribution in [1.29, 1.82) is 0 Å². The summed E-state index contributed by atoms with van der Waals surface area (Å²) in [6.45, 7) is 1.98. The van der Waals surface area contributed by atoms with Crippen LogP contribution in [0.15, 0.2) is 18.2 Å². The van der Waals surface area contributed by atoms with Crippen LogP contribution in [-0.4, -0.2) is 25.5 Å². The molecule has 1 saturated heterocycles. The van der Waals surface area contributed by atoms with Crippen LogP contribution in [0.5, 0.6) is 0 Å². The molecule has 1 aromatic rings. The first-order valence-electron chi connectivity index (χ1n) is 5.79. The molecule has 2 atom stereocenters. The molecule has 1 aliphatic heterocycles. The van der Waals surface area contributed by atoms with Crippen LogP contribution in [0.4, 0.5) is 4.39 Å². The van der Waals surface area contributed by atoms with Gasteiger partial charge in [0.15, 0.2) is 9.84 Å². The topological polar surface area (TPSA) is 46.2 Å². The first-order chi connectivity index (χ1) is 8.42. The predicted octanol–water partition coefficient (Wildman–Crippen LogP) is 2.14. The summed E-state index contributed by atoms with van der Waals surface area (Å²) in [6, 6.07) is 4.69. The number of rotatable bonds is 3. The fraction of sp³-hybridized carbons (Fsp3) is 0.500. The fourth-order valence-corrected chi connectivity index (χ4v) is 4.04. The Morgan fingerprint density at radius 1 is 1.50 bits per heavy atom. The minimum absolute atomic E-state index is 0.0846. The van der Waals surface area contributed by atoms with Gasteiger partial charge in [0.05, 0.1) is 16.0 Å². The van der Waals surface area contributed by atoms with Gasteiger partial charge < -0.3 is 5.32 Å². The Kier molecular flexibility index (Phi) is 3.94. The van der Waals surface area contributed by atoms with Gasteiger partial charge in [0.25, 0.3) is 0 Å². The Morgan fingerprint density at radius 3 is 2.83 bits per heavy atom. The second kappa shape index (κ2) is 5.15. The lowest BCUT2D eigenvalue weighted by Crippen LogP contribution is -2.36. The highest BCUT2D eigenvalue weighted by molar-refractivity contribution is 7.92. The number of sulfone groups is 1. The van der Waals surface area contributed by atoms with Crippen molar-refractivity contribution in [2.45, 2.75) is 31.2 Å². The summed E-state index contributed by atoms with van der Waals surface area (Å²) in [5.41, 5.74) is 0.457. The van der Waals surface area contributed by atoms with Gasteiger partial charge in [-0.05, 0) is 19.4 Å². The van der Waals surface area contributed by atoms with Gasteiger partial charge >= 0.3 is 0 Å². The van der Waals surface area contributed by atoms with E-state index in [0.29, 0.717) is 12.0 Å². The van der Waals surface area contributed by atoms with Crippen molar-refractivity contribution in [1.82, 2.24) is 5.32 Å². The number of hydrogen-bond donors (Lipinski definition) is 1. The number of nitrogens with one attached hydrogen (secondary N) is 1. The van der Waals surface area contributed by atoms with E-state index in [-0.39, 0.29) is 23.4 Å². The van der Waals surface area contributed by atoms with E-state index < -0.39 is 20.9 Å². The van der Waals surface area contributed by atoms with E-state index in [2.05, 4.69) is 5.32 Å². The molecule has 0 radical (unpaired) electrons. The lowest BCUT2D eigenvalue weighted by atomic mass is 10.1. The highest BCUT2D eigenvalue weighted by atomic mass is 35.5. The van der Waals surface area contributed by atoms with Crippen LogP contribution in [-0.2, 0) is 16.4 Å². The molecule has 6 heteroatoms. The normalized spacial score (nSPS) is 26.4. The summed E-state index contributed by atoms with van der Waals surface area (Å²) in [7, 11) is -2.98. The van der Waals surface area contributed by atoms with Crippen molar-refractivity contribution in [2.75, 3.05) is 5.75 Å². The average Bonchev–Trinajstić information content (AvgIpc) is 2.57. The van der Waals surface area contributed by atoms with Gasteiger partial charge in [-0.1, -0.05) is 23.7 Å². The van der Waals surface area contributed by atoms with Crippen LogP contribution < -0.4 is 5.32 Å². The van der Waals surface area contributed by atoms with E-state index in [1.807, 2.05) is 0 Å². The smallest absolute Gasteiger partial charge is 0.154 e. The first kappa shape index (κ1) is 13.8. The molecule has 0 aromatic heterocycles. The molecule has 0 unspecified atom stereocenters. The molecule has 100 valence electrons. The molecule has 0 aliphatic carbocycles. The lowest BCUT2D eigenvalue weighted by molar-refractivity contribution is 0.493.